The number of benzene rings is 2. The van der Waals surface area contributed by atoms with Crippen molar-refractivity contribution in [1.29, 1.82) is 0 Å². The number of aromatic amines is 1. The third kappa shape index (κ3) is 4.66. The van der Waals surface area contributed by atoms with Gasteiger partial charge in [0.05, 0.1) is 30.1 Å². The molecule has 0 radical (unpaired) electrons. The molecule has 0 saturated carbocycles. The first-order valence-electron chi connectivity index (χ1n) is 9.76. The molecule has 154 valence electrons. The largest absolute Gasteiger partial charge is 0.494 e. The lowest BCUT2D eigenvalue weighted by Crippen LogP contribution is -2.16. The van der Waals surface area contributed by atoms with Crippen molar-refractivity contribution < 1.29 is 14.6 Å². The minimum atomic E-state index is -0.582. The molecule has 1 atom stereocenters. The van der Waals surface area contributed by atoms with Gasteiger partial charge in [0.25, 0.3) is 5.91 Å². The molecule has 2 aromatic carbocycles. The van der Waals surface area contributed by atoms with E-state index < -0.39 is 12.0 Å². The quantitative estimate of drug-likeness (QED) is 0.370. The maximum atomic E-state index is 11.1. The molecular formula is C22H23N5O3. The van der Waals surface area contributed by atoms with Crippen molar-refractivity contribution in [2.24, 2.45) is 5.73 Å². The number of carbonyl (C=O) groups excluding carboxylic acids is 1. The lowest BCUT2D eigenvalue weighted by atomic mass is 10.2. The van der Waals surface area contributed by atoms with Gasteiger partial charge in [-0.3, -0.25) is 4.79 Å². The van der Waals surface area contributed by atoms with Gasteiger partial charge in [-0.1, -0.05) is 24.3 Å². The molecule has 4 aromatic rings. The maximum absolute atomic E-state index is 11.1. The van der Waals surface area contributed by atoms with Crippen LogP contribution in [0.1, 0.15) is 23.3 Å². The summed E-state index contributed by atoms with van der Waals surface area (Å²) in [5.74, 6) is 0.970. The second kappa shape index (κ2) is 8.79. The van der Waals surface area contributed by atoms with Crippen LogP contribution in [0.4, 0.5) is 0 Å². The Balaban J connectivity index is 1.28. The molecule has 1 amide bonds. The first kappa shape index (κ1) is 19.7. The van der Waals surface area contributed by atoms with E-state index in [-0.39, 0.29) is 5.69 Å². The third-order valence-corrected chi connectivity index (χ3v) is 4.75. The summed E-state index contributed by atoms with van der Waals surface area (Å²) in [5.41, 5.74) is 8.24. The minimum absolute atomic E-state index is 0.190. The number of aliphatic hydroxyl groups is 1. The van der Waals surface area contributed by atoms with Crippen molar-refractivity contribution in [3.63, 3.8) is 0 Å². The van der Waals surface area contributed by atoms with Crippen LogP contribution in [0.5, 0.6) is 5.75 Å². The van der Waals surface area contributed by atoms with Gasteiger partial charge in [0, 0.05) is 18.3 Å². The average molecular weight is 405 g/mol. The summed E-state index contributed by atoms with van der Waals surface area (Å²) in [5, 5.41) is 10.2. The lowest BCUT2D eigenvalue weighted by molar-refractivity contribution is 0.0995. The van der Waals surface area contributed by atoms with Crippen LogP contribution in [0, 0.1) is 0 Å². The average Bonchev–Trinajstić information content (AvgIpc) is 3.38. The van der Waals surface area contributed by atoms with E-state index in [1.807, 2.05) is 48.5 Å². The number of nitrogens with zero attached hydrogens (tertiary/aromatic N) is 3. The van der Waals surface area contributed by atoms with Crippen LogP contribution in [0.2, 0.25) is 0 Å². The molecule has 0 aliphatic rings. The SMILES string of the molecule is NC(=O)c1cn(CC(O)CCCOc2cccc(-c3nc4ccccc4[nH]3)c2)cn1. The molecule has 0 fully saturated rings. The number of aliphatic hydroxyl groups excluding tert-OH is 1. The van der Waals surface area contributed by atoms with E-state index in [0.29, 0.717) is 26.0 Å². The van der Waals surface area contributed by atoms with E-state index in [4.69, 9.17) is 10.5 Å². The number of para-hydroxylation sites is 2. The fraction of sp³-hybridized carbons (Fsp3) is 0.227. The Bertz CT molecular complexity index is 1120. The van der Waals surface area contributed by atoms with Crippen molar-refractivity contribution in [1.82, 2.24) is 19.5 Å². The van der Waals surface area contributed by atoms with Gasteiger partial charge in [-0.05, 0) is 37.1 Å². The normalized spacial score (nSPS) is 12.2. The van der Waals surface area contributed by atoms with Crippen LogP contribution in [0.15, 0.2) is 61.1 Å². The number of hydrogen-bond acceptors (Lipinski definition) is 5. The smallest absolute Gasteiger partial charge is 0.268 e. The zero-order valence-electron chi connectivity index (χ0n) is 16.4. The van der Waals surface area contributed by atoms with Crippen LogP contribution >= 0.6 is 0 Å². The van der Waals surface area contributed by atoms with E-state index in [2.05, 4.69) is 15.0 Å². The van der Waals surface area contributed by atoms with Gasteiger partial charge in [0.2, 0.25) is 0 Å². The van der Waals surface area contributed by atoms with E-state index in [9.17, 15) is 9.90 Å². The number of nitrogens with one attached hydrogen (secondary N) is 1. The molecule has 0 spiro atoms. The second-order valence-corrected chi connectivity index (χ2v) is 7.09. The monoisotopic (exact) mass is 405 g/mol. The summed E-state index contributed by atoms with van der Waals surface area (Å²) in [6.07, 6.45) is 3.71. The second-order valence-electron chi connectivity index (χ2n) is 7.09. The fourth-order valence-electron chi connectivity index (χ4n) is 3.25. The molecule has 8 nitrogen and oxygen atoms in total. The molecule has 4 rings (SSSR count). The summed E-state index contributed by atoms with van der Waals surface area (Å²) in [7, 11) is 0. The van der Waals surface area contributed by atoms with Gasteiger partial charge in [0.1, 0.15) is 17.3 Å². The molecular weight excluding hydrogens is 382 g/mol. The highest BCUT2D eigenvalue weighted by molar-refractivity contribution is 5.90. The Morgan fingerprint density at radius 3 is 2.90 bits per heavy atom. The summed E-state index contributed by atoms with van der Waals surface area (Å²) in [6, 6.07) is 15.7. The number of rotatable bonds is 9. The van der Waals surface area contributed by atoms with Gasteiger partial charge in [-0.2, -0.15) is 0 Å². The standard InChI is InChI=1S/C22H23N5O3/c23-21(29)20-13-27(14-24-20)12-16(28)6-4-10-30-17-7-3-5-15(11-17)22-25-18-8-1-2-9-19(18)26-22/h1-3,5,7-9,11,13-14,16,28H,4,6,10,12H2,(H2,23,29)(H,25,26). The van der Waals surface area contributed by atoms with Crippen LogP contribution in [0.25, 0.3) is 22.4 Å². The lowest BCUT2D eigenvalue weighted by Gasteiger charge is -2.12. The fourth-order valence-corrected chi connectivity index (χ4v) is 3.25. The van der Waals surface area contributed by atoms with E-state index >= 15 is 0 Å². The highest BCUT2D eigenvalue weighted by Crippen LogP contribution is 2.24. The van der Waals surface area contributed by atoms with Crippen molar-refractivity contribution in [3.05, 3.63) is 66.7 Å². The Labute approximate surface area is 173 Å². The minimum Gasteiger partial charge on any atom is -0.494 e. The number of nitrogens with two attached hydrogens (primary N) is 1. The molecule has 0 aliphatic carbocycles. The van der Waals surface area contributed by atoms with Gasteiger partial charge >= 0.3 is 0 Å². The van der Waals surface area contributed by atoms with Crippen LogP contribution < -0.4 is 10.5 Å². The van der Waals surface area contributed by atoms with Gasteiger partial charge < -0.3 is 25.1 Å². The first-order chi connectivity index (χ1) is 14.6. The number of amides is 1. The van der Waals surface area contributed by atoms with E-state index in [0.717, 1.165) is 28.2 Å². The van der Waals surface area contributed by atoms with Crippen LogP contribution in [0.3, 0.4) is 0 Å². The Morgan fingerprint density at radius 2 is 2.10 bits per heavy atom. The molecule has 30 heavy (non-hydrogen) atoms. The number of carbonyl (C=O) groups is 1. The maximum Gasteiger partial charge on any atom is 0.268 e. The van der Waals surface area contributed by atoms with Crippen LogP contribution in [-0.4, -0.2) is 43.2 Å². The number of primary amides is 1. The summed E-state index contributed by atoms with van der Waals surface area (Å²) in [4.78, 5) is 22.9. The molecule has 0 bridgehead atoms. The number of H-pyrrole nitrogens is 1. The van der Waals surface area contributed by atoms with E-state index in [1.54, 1.807) is 4.57 Å². The van der Waals surface area contributed by atoms with Crippen molar-refractivity contribution in [2.45, 2.75) is 25.5 Å². The summed E-state index contributed by atoms with van der Waals surface area (Å²) in [6.45, 7) is 0.832. The molecule has 2 aromatic heterocycles. The summed E-state index contributed by atoms with van der Waals surface area (Å²) >= 11 is 0. The van der Waals surface area contributed by atoms with Gasteiger partial charge in [-0.15, -0.1) is 0 Å². The number of imidazole rings is 2. The first-order valence-corrected chi connectivity index (χ1v) is 9.76. The van der Waals surface area contributed by atoms with Gasteiger partial charge in [-0.25, -0.2) is 9.97 Å². The predicted molar refractivity (Wildman–Crippen MR) is 113 cm³/mol. The number of fused-ring (bicyclic) bond motifs is 1. The molecule has 4 N–H and O–H groups in total. The Kier molecular flexibility index (Phi) is 5.76. The predicted octanol–water partition coefficient (Wildman–Crippen LogP) is 2.75. The molecule has 0 saturated heterocycles. The highest BCUT2D eigenvalue weighted by Gasteiger charge is 2.10. The molecule has 1 unspecified atom stereocenters. The Hall–Kier alpha value is -3.65. The van der Waals surface area contributed by atoms with Gasteiger partial charge in [0.15, 0.2) is 0 Å². The molecule has 8 heteroatoms. The van der Waals surface area contributed by atoms with E-state index in [1.165, 1.54) is 12.5 Å². The topological polar surface area (TPSA) is 119 Å². The highest BCUT2D eigenvalue weighted by atomic mass is 16.5. The van der Waals surface area contributed by atoms with Crippen molar-refractivity contribution >= 4 is 16.9 Å². The zero-order valence-corrected chi connectivity index (χ0v) is 16.4. The Morgan fingerprint density at radius 1 is 1.23 bits per heavy atom. The van der Waals surface area contributed by atoms with Crippen LogP contribution in [-0.2, 0) is 6.54 Å². The molecule has 0 aliphatic heterocycles. The summed E-state index contributed by atoms with van der Waals surface area (Å²) < 4.78 is 7.50. The molecule has 2 heterocycles. The number of hydrogen-bond donors (Lipinski definition) is 3. The van der Waals surface area contributed by atoms with Crippen molar-refractivity contribution in [3.8, 4) is 17.1 Å². The number of ether oxygens (including phenoxy) is 1. The number of aromatic nitrogens is 4. The zero-order chi connectivity index (χ0) is 20.9. The van der Waals surface area contributed by atoms with Crippen molar-refractivity contribution in [2.75, 3.05) is 6.61 Å². The third-order valence-electron chi connectivity index (χ3n) is 4.75.